The summed E-state index contributed by atoms with van der Waals surface area (Å²) >= 11 is 4.00. The molecule has 13 heavy (non-hydrogen) atoms. The topological polar surface area (TPSA) is 35.2 Å². The SMILES string of the molecule is NC(C1=CCCO1)c1sccc1I. The van der Waals surface area contributed by atoms with Crippen molar-refractivity contribution in [2.45, 2.75) is 12.5 Å². The summed E-state index contributed by atoms with van der Waals surface area (Å²) in [6, 6.07) is 2.02. The standard InChI is InChI=1S/C9H10INOS/c10-6-3-5-13-9(6)8(11)7-2-1-4-12-7/h2-3,5,8H,1,4,11H2. The van der Waals surface area contributed by atoms with Crippen molar-refractivity contribution >= 4 is 33.9 Å². The van der Waals surface area contributed by atoms with Crippen molar-refractivity contribution in [3.8, 4) is 0 Å². The van der Waals surface area contributed by atoms with Gasteiger partial charge in [-0.3, -0.25) is 0 Å². The second-order valence-corrected chi connectivity index (χ2v) is 4.96. The van der Waals surface area contributed by atoms with Crippen LogP contribution in [0.1, 0.15) is 17.3 Å². The van der Waals surface area contributed by atoms with Crippen molar-refractivity contribution in [3.63, 3.8) is 0 Å². The summed E-state index contributed by atoms with van der Waals surface area (Å²) in [4.78, 5) is 1.20. The van der Waals surface area contributed by atoms with Crippen molar-refractivity contribution in [1.29, 1.82) is 0 Å². The van der Waals surface area contributed by atoms with Gasteiger partial charge in [0.05, 0.1) is 12.6 Å². The van der Waals surface area contributed by atoms with Crippen LogP contribution in [0.5, 0.6) is 0 Å². The van der Waals surface area contributed by atoms with E-state index in [9.17, 15) is 0 Å². The summed E-state index contributed by atoms with van der Waals surface area (Å²) in [6.45, 7) is 0.783. The van der Waals surface area contributed by atoms with Crippen molar-refractivity contribution in [2.75, 3.05) is 6.61 Å². The fourth-order valence-corrected chi connectivity index (χ4v) is 3.24. The molecule has 0 saturated heterocycles. The summed E-state index contributed by atoms with van der Waals surface area (Å²) in [6.07, 6.45) is 3.07. The first kappa shape index (κ1) is 9.48. The van der Waals surface area contributed by atoms with E-state index >= 15 is 0 Å². The minimum absolute atomic E-state index is 0.0607. The smallest absolute Gasteiger partial charge is 0.114 e. The third-order valence-corrected chi connectivity index (χ3v) is 4.27. The van der Waals surface area contributed by atoms with E-state index in [0.29, 0.717) is 0 Å². The van der Waals surface area contributed by atoms with Crippen LogP contribution in [0.3, 0.4) is 0 Å². The van der Waals surface area contributed by atoms with Crippen molar-refractivity contribution in [2.24, 2.45) is 5.73 Å². The molecule has 0 amide bonds. The Morgan fingerprint density at radius 1 is 1.62 bits per heavy atom. The molecule has 0 aliphatic carbocycles. The average Bonchev–Trinajstić information content (AvgIpc) is 2.72. The zero-order chi connectivity index (χ0) is 9.26. The summed E-state index contributed by atoms with van der Waals surface area (Å²) < 4.78 is 6.66. The molecule has 1 aliphatic rings. The molecule has 0 fully saturated rings. The van der Waals surface area contributed by atoms with Gasteiger partial charge in [0.25, 0.3) is 0 Å². The normalized spacial score (nSPS) is 18.2. The number of halogens is 1. The number of hydrogen-bond acceptors (Lipinski definition) is 3. The van der Waals surface area contributed by atoms with Crippen molar-refractivity contribution in [1.82, 2.24) is 0 Å². The van der Waals surface area contributed by atoms with Crippen LogP contribution in [-0.2, 0) is 4.74 Å². The van der Waals surface area contributed by atoms with Crippen LogP contribution in [0, 0.1) is 3.57 Å². The Bertz CT molecular complexity index is 334. The Labute approximate surface area is 94.9 Å². The lowest BCUT2D eigenvalue weighted by Gasteiger charge is -2.11. The van der Waals surface area contributed by atoms with E-state index in [1.165, 1.54) is 8.45 Å². The van der Waals surface area contributed by atoms with Gasteiger partial charge >= 0.3 is 0 Å². The number of hydrogen-bond donors (Lipinski definition) is 1. The zero-order valence-corrected chi connectivity index (χ0v) is 9.97. The number of ether oxygens (including phenoxy) is 1. The molecule has 2 N–H and O–H groups in total. The molecular formula is C9H10INOS. The van der Waals surface area contributed by atoms with E-state index in [0.717, 1.165) is 18.8 Å². The Hall–Kier alpha value is -0.0700. The predicted octanol–water partition coefficient (Wildman–Crippen LogP) is 2.66. The van der Waals surface area contributed by atoms with Gasteiger partial charge in [0.15, 0.2) is 0 Å². The fourth-order valence-electron chi connectivity index (χ4n) is 1.31. The Morgan fingerprint density at radius 2 is 2.46 bits per heavy atom. The maximum Gasteiger partial charge on any atom is 0.114 e. The van der Waals surface area contributed by atoms with Crippen LogP contribution >= 0.6 is 33.9 Å². The van der Waals surface area contributed by atoms with Gasteiger partial charge in [0, 0.05) is 14.9 Å². The number of nitrogens with two attached hydrogens (primary N) is 1. The molecule has 1 aliphatic heterocycles. The molecule has 4 heteroatoms. The van der Waals surface area contributed by atoms with Gasteiger partial charge in [-0.2, -0.15) is 0 Å². The highest BCUT2D eigenvalue weighted by Crippen LogP contribution is 2.31. The first-order chi connectivity index (χ1) is 6.29. The molecule has 0 aromatic carbocycles. The molecule has 1 aromatic heterocycles. The van der Waals surface area contributed by atoms with Crippen LogP contribution in [0.2, 0.25) is 0 Å². The first-order valence-electron chi connectivity index (χ1n) is 4.10. The van der Waals surface area contributed by atoms with Crippen LogP contribution < -0.4 is 5.73 Å². The third kappa shape index (κ3) is 1.89. The Balaban J connectivity index is 2.21. The van der Waals surface area contributed by atoms with Gasteiger partial charge in [0.2, 0.25) is 0 Å². The van der Waals surface area contributed by atoms with E-state index < -0.39 is 0 Å². The number of rotatable bonds is 2. The Morgan fingerprint density at radius 3 is 3.00 bits per heavy atom. The van der Waals surface area contributed by atoms with Gasteiger partial charge in [-0.25, -0.2) is 0 Å². The van der Waals surface area contributed by atoms with E-state index in [2.05, 4.69) is 40.1 Å². The third-order valence-electron chi connectivity index (χ3n) is 1.97. The van der Waals surface area contributed by atoms with E-state index in [4.69, 9.17) is 10.5 Å². The van der Waals surface area contributed by atoms with Crippen LogP contribution in [0.15, 0.2) is 23.3 Å². The highest BCUT2D eigenvalue weighted by molar-refractivity contribution is 14.1. The second kappa shape index (κ2) is 3.98. The lowest BCUT2D eigenvalue weighted by Crippen LogP contribution is -2.13. The van der Waals surface area contributed by atoms with Crippen LogP contribution in [-0.4, -0.2) is 6.61 Å². The molecule has 2 rings (SSSR count). The van der Waals surface area contributed by atoms with Crippen molar-refractivity contribution in [3.05, 3.63) is 31.7 Å². The molecule has 0 bridgehead atoms. The molecule has 70 valence electrons. The lowest BCUT2D eigenvalue weighted by molar-refractivity contribution is 0.226. The zero-order valence-electron chi connectivity index (χ0n) is 7.00. The molecule has 2 nitrogen and oxygen atoms in total. The average molecular weight is 307 g/mol. The van der Waals surface area contributed by atoms with Crippen LogP contribution in [0.4, 0.5) is 0 Å². The molecule has 2 heterocycles. The summed E-state index contributed by atoms with van der Waals surface area (Å²) in [7, 11) is 0. The molecule has 0 spiro atoms. The maximum atomic E-state index is 6.06. The number of thiophene rings is 1. The summed E-state index contributed by atoms with van der Waals surface area (Å²) in [5, 5.41) is 2.06. The van der Waals surface area contributed by atoms with E-state index in [1.807, 2.05) is 0 Å². The molecule has 0 saturated carbocycles. The Kier molecular flexibility index (Phi) is 2.90. The lowest BCUT2D eigenvalue weighted by atomic mass is 10.2. The van der Waals surface area contributed by atoms with Gasteiger partial charge in [-0.15, -0.1) is 11.3 Å². The first-order valence-corrected chi connectivity index (χ1v) is 6.06. The molecule has 1 unspecified atom stereocenters. The van der Waals surface area contributed by atoms with E-state index in [-0.39, 0.29) is 6.04 Å². The second-order valence-electron chi connectivity index (χ2n) is 2.85. The van der Waals surface area contributed by atoms with Crippen molar-refractivity contribution < 1.29 is 4.74 Å². The summed E-state index contributed by atoms with van der Waals surface area (Å²) in [5.74, 6) is 0.931. The quantitative estimate of drug-likeness (QED) is 0.853. The monoisotopic (exact) mass is 307 g/mol. The maximum absolute atomic E-state index is 6.06. The summed E-state index contributed by atoms with van der Waals surface area (Å²) in [5.41, 5.74) is 6.06. The molecule has 1 aromatic rings. The highest BCUT2D eigenvalue weighted by Gasteiger charge is 2.19. The highest BCUT2D eigenvalue weighted by atomic mass is 127. The minimum Gasteiger partial charge on any atom is -0.496 e. The fraction of sp³-hybridized carbons (Fsp3) is 0.333. The molecule has 0 radical (unpaired) electrons. The van der Waals surface area contributed by atoms with Gasteiger partial charge in [0.1, 0.15) is 5.76 Å². The van der Waals surface area contributed by atoms with Gasteiger partial charge in [-0.05, 0) is 40.1 Å². The molecular weight excluding hydrogens is 297 g/mol. The largest absolute Gasteiger partial charge is 0.496 e. The van der Waals surface area contributed by atoms with Gasteiger partial charge < -0.3 is 10.5 Å². The molecule has 1 atom stereocenters. The van der Waals surface area contributed by atoms with Gasteiger partial charge in [-0.1, -0.05) is 0 Å². The van der Waals surface area contributed by atoms with E-state index in [1.54, 1.807) is 11.3 Å². The van der Waals surface area contributed by atoms with Crippen LogP contribution in [0.25, 0.3) is 0 Å². The minimum atomic E-state index is -0.0607. The predicted molar refractivity (Wildman–Crippen MR) is 62.6 cm³/mol.